The highest BCUT2D eigenvalue weighted by molar-refractivity contribution is 7.88. The van der Waals surface area contributed by atoms with Crippen LogP contribution in [0.1, 0.15) is 18.1 Å². The second kappa shape index (κ2) is 9.91. The second-order valence-electron chi connectivity index (χ2n) is 6.67. The van der Waals surface area contributed by atoms with Crippen LogP contribution in [0.25, 0.3) is 0 Å². The Kier molecular flexibility index (Phi) is 7.86. The van der Waals surface area contributed by atoms with Gasteiger partial charge in [-0.2, -0.15) is 4.31 Å². The van der Waals surface area contributed by atoms with Crippen LogP contribution in [-0.2, 0) is 21.4 Å². The zero-order valence-corrected chi connectivity index (χ0v) is 17.8. The van der Waals surface area contributed by atoms with E-state index in [0.29, 0.717) is 10.6 Å². The number of rotatable bonds is 9. The van der Waals surface area contributed by atoms with Crippen LogP contribution in [-0.4, -0.2) is 44.1 Å². The van der Waals surface area contributed by atoms with Gasteiger partial charge in [0.1, 0.15) is 12.4 Å². The average Bonchev–Trinajstić information content (AvgIpc) is 2.61. The molecule has 0 aromatic heterocycles. The van der Waals surface area contributed by atoms with Crippen LogP contribution in [0.3, 0.4) is 0 Å². The van der Waals surface area contributed by atoms with Crippen molar-refractivity contribution < 1.29 is 17.9 Å². The van der Waals surface area contributed by atoms with Crippen molar-refractivity contribution >= 4 is 27.5 Å². The summed E-state index contributed by atoms with van der Waals surface area (Å²) >= 11 is 6.11. The summed E-state index contributed by atoms with van der Waals surface area (Å²) in [6, 6.07) is 14.3. The van der Waals surface area contributed by atoms with Gasteiger partial charge in [-0.3, -0.25) is 4.79 Å². The fourth-order valence-electron chi connectivity index (χ4n) is 2.56. The van der Waals surface area contributed by atoms with E-state index in [-0.39, 0.29) is 25.7 Å². The molecule has 0 aliphatic rings. The van der Waals surface area contributed by atoms with Gasteiger partial charge in [-0.15, -0.1) is 0 Å². The number of benzene rings is 2. The molecule has 0 spiro atoms. The number of halogens is 1. The van der Waals surface area contributed by atoms with E-state index < -0.39 is 15.9 Å². The lowest BCUT2D eigenvalue weighted by atomic mass is 10.2. The highest BCUT2D eigenvalue weighted by atomic mass is 35.5. The molecule has 1 N–H and O–H groups in total. The van der Waals surface area contributed by atoms with Gasteiger partial charge in [0.25, 0.3) is 0 Å². The van der Waals surface area contributed by atoms with Crippen molar-refractivity contribution in [3.63, 3.8) is 0 Å². The topological polar surface area (TPSA) is 75.7 Å². The van der Waals surface area contributed by atoms with Crippen LogP contribution in [0.2, 0.25) is 5.02 Å². The monoisotopic (exact) mass is 424 g/mol. The molecule has 0 aliphatic heterocycles. The largest absolute Gasteiger partial charge is 0.491 e. The summed E-state index contributed by atoms with van der Waals surface area (Å²) in [5.41, 5.74) is 1.64. The SMILES string of the molecule is Cc1ccccc1OC[C@@H](C)NC(=O)CN(Cc1ccccc1Cl)S(C)(=O)=O. The number of para-hydroxylation sites is 1. The maximum absolute atomic E-state index is 12.4. The maximum Gasteiger partial charge on any atom is 0.235 e. The number of hydrogen-bond donors (Lipinski definition) is 1. The molecule has 2 aromatic rings. The van der Waals surface area contributed by atoms with Crippen LogP contribution in [0.5, 0.6) is 5.75 Å². The number of carbonyl (C=O) groups is 1. The fourth-order valence-corrected chi connectivity index (χ4v) is 3.48. The van der Waals surface area contributed by atoms with Gasteiger partial charge < -0.3 is 10.1 Å². The van der Waals surface area contributed by atoms with E-state index in [2.05, 4.69) is 5.32 Å². The van der Waals surface area contributed by atoms with Crippen molar-refractivity contribution in [1.82, 2.24) is 9.62 Å². The third kappa shape index (κ3) is 6.82. The lowest BCUT2D eigenvalue weighted by molar-refractivity contribution is -0.122. The lowest BCUT2D eigenvalue weighted by Crippen LogP contribution is -2.44. The van der Waals surface area contributed by atoms with Crippen LogP contribution < -0.4 is 10.1 Å². The smallest absolute Gasteiger partial charge is 0.235 e. The van der Waals surface area contributed by atoms with Crippen molar-refractivity contribution in [2.24, 2.45) is 0 Å². The Morgan fingerprint density at radius 1 is 1.18 bits per heavy atom. The Labute approximate surface area is 171 Å². The number of aryl methyl sites for hydroxylation is 1. The molecule has 1 amide bonds. The molecule has 0 aliphatic carbocycles. The fraction of sp³-hybridized carbons (Fsp3) is 0.350. The first-order valence-corrected chi connectivity index (χ1v) is 11.1. The Morgan fingerprint density at radius 2 is 1.82 bits per heavy atom. The van der Waals surface area contributed by atoms with Gasteiger partial charge in [0, 0.05) is 11.6 Å². The normalized spacial score (nSPS) is 12.6. The molecule has 2 aromatic carbocycles. The van der Waals surface area contributed by atoms with E-state index in [1.165, 1.54) is 0 Å². The first kappa shape index (κ1) is 22.2. The summed E-state index contributed by atoms with van der Waals surface area (Å²) < 4.78 is 31.0. The molecule has 0 saturated heterocycles. The second-order valence-corrected chi connectivity index (χ2v) is 9.06. The third-order valence-corrected chi connectivity index (χ3v) is 5.65. The molecule has 2 rings (SSSR count). The number of nitrogens with zero attached hydrogens (tertiary/aromatic N) is 1. The Hall–Kier alpha value is -2.09. The van der Waals surface area contributed by atoms with Crippen molar-refractivity contribution in [3.05, 3.63) is 64.7 Å². The summed E-state index contributed by atoms with van der Waals surface area (Å²) in [6.07, 6.45) is 1.07. The molecule has 152 valence electrons. The van der Waals surface area contributed by atoms with Crippen LogP contribution in [0, 0.1) is 6.92 Å². The van der Waals surface area contributed by atoms with Crippen molar-refractivity contribution in [2.45, 2.75) is 26.4 Å². The van der Waals surface area contributed by atoms with Crippen molar-refractivity contribution in [3.8, 4) is 5.75 Å². The molecular weight excluding hydrogens is 400 g/mol. The number of ether oxygens (including phenoxy) is 1. The van der Waals surface area contributed by atoms with Crippen molar-refractivity contribution in [2.75, 3.05) is 19.4 Å². The number of sulfonamides is 1. The van der Waals surface area contributed by atoms with E-state index in [0.717, 1.165) is 21.9 Å². The summed E-state index contributed by atoms with van der Waals surface area (Å²) in [6.45, 7) is 3.76. The molecule has 28 heavy (non-hydrogen) atoms. The number of nitrogens with one attached hydrogen (secondary N) is 1. The van der Waals surface area contributed by atoms with Gasteiger partial charge in [0.2, 0.25) is 15.9 Å². The molecule has 0 fully saturated rings. The maximum atomic E-state index is 12.4. The molecule has 0 heterocycles. The number of hydrogen-bond acceptors (Lipinski definition) is 4. The van der Waals surface area contributed by atoms with Crippen LogP contribution >= 0.6 is 11.6 Å². The Balaban J connectivity index is 1.94. The molecule has 1 atom stereocenters. The minimum Gasteiger partial charge on any atom is -0.491 e. The van der Waals surface area contributed by atoms with E-state index in [4.69, 9.17) is 16.3 Å². The van der Waals surface area contributed by atoms with Gasteiger partial charge in [-0.05, 0) is 37.1 Å². The first-order valence-electron chi connectivity index (χ1n) is 8.83. The molecule has 0 radical (unpaired) electrons. The lowest BCUT2D eigenvalue weighted by Gasteiger charge is -2.22. The zero-order chi connectivity index (χ0) is 20.7. The molecule has 8 heteroatoms. The molecule has 0 bridgehead atoms. The number of carbonyl (C=O) groups excluding carboxylic acids is 1. The average molecular weight is 425 g/mol. The van der Waals surface area contributed by atoms with E-state index in [1.54, 1.807) is 31.2 Å². The van der Waals surface area contributed by atoms with Crippen LogP contribution in [0.15, 0.2) is 48.5 Å². The highest BCUT2D eigenvalue weighted by Gasteiger charge is 2.22. The zero-order valence-electron chi connectivity index (χ0n) is 16.2. The first-order chi connectivity index (χ1) is 13.2. The summed E-state index contributed by atoms with van der Waals surface area (Å²) in [4.78, 5) is 12.4. The summed E-state index contributed by atoms with van der Waals surface area (Å²) in [5, 5.41) is 3.22. The Morgan fingerprint density at radius 3 is 2.46 bits per heavy atom. The third-order valence-electron chi connectivity index (χ3n) is 4.08. The van der Waals surface area contributed by atoms with Gasteiger partial charge >= 0.3 is 0 Å². The van der Waals surface area contributed by atoms with E-state index >= 15 is 0 Å². The standard InChI is InChI=1S/C20H25ClN2O4S/c1-15-8-4-7-11-19(15)27-14-16(2)22-20(24)13-23(28(3,25)26)12-17-9-5-6-10-18(17)21/h4-11,16H,12-14H2,1-3H3,(H,22,24)/t16-/m1/s1. The Bertz CT molecular complexity index is 918. The van der Waals surface area contributed by atoms with Crippen LogP contribution in [0.4, 0.5) is 0 Å². The predicted octanol–water partition coefficient (Wildman–Crippen LogP) is 2.99. The van der Waals surface area contributed by atoms with E-state index in [1.807, 2.05) is 31.2 Å². The minimum absolute atomic E-state index is 0.0278. The summed E-state index contributed by atoms with van der Waals surface area (Å²) in [5.74, 6) is 0.346. The predicted molar refractivity (Wildman–Crippen MR) is 111 cm³/mol. The summed E-state index contributed by atoms with van der Waals surface area (Å²) in [7, 11) is -3.59. The van der Waals surface area contributed by atoms with Crippen molar-refractivity contribution in [1.29, 1.82) is 0 Å². The number of amides is 1. The van der Waals surface area contributed by atoms with Gasteiger partial charge in [-0.25, -0.2) is 8.42 Å². The molecular formula is C20H25ClN2O4S. The van der Waals surface area contributed by atoms with Gasteiger partial charge in [0.05, 0.1) is 18.8 Å². The highest BCUT2D eigenvalue weighted by Crippen LogP contribution is 2.18. The molecule has 6 nitrogen and oxygen atoms in total. The molecule has 0 unspecified atom stereocenters. The minimum atomic E-state index is -3.59. The van der Waals surface area contributed by atoms with E-state index in [9.17, 15) is 13.2 Å². The van der Waals surface area contributed by atoms with Gasteiger partial charge in [0.15, 0.2) is 0 Å². The quantitative estimate of drug-likeness (QED) is 0.671. The van der Waals surface area contributed by atoms with Gasteiger partial charge in [-0.1, -0.05) is 48.0 Å². The molecule has 0 saturated carbocycles.